The lowest BCUT2D eigenvalue weighted by atomic mass is 9.90. The lowest BCUT2D eigenvalue weighted by molar-refractivity contribution is 0.0296. The van der Waals surface area contributed by atoms with Gasteiger partial charge in [-0.05, 0) is 63.1 Å². The number of aryl methyl sites for hydroxylation is 1. The van der Waals surface area contributed by atoms with E-state index in [-0.39, 0.29) is 24.1 Å². The number of piperidine rings is 1. The number of H-pyrrole nitrogens is 1. The van der Waals surface area contributed by atoms with Crippen molar-refractivity contribution in [2.24, 2.45) is 0 Å². The van der Waals surface area contributed by atoms with Gasteiger partial charge in [0.1, 0.15) is 0 Å². The number of nitrogens with one attached hydrogen (secondary N) is 1. The number of halogens is 2. The molecule has 0 amide bonds. The highest BCUT2D eigenvalue weighted by Crippen LogP contribution is 2.31. The lowest BCUT2D eigenvalue weighted by Crippen LogP contribution is -2.45. The van der Waals surface area contributed by atoms with Crippen molar-refractivity contribution < 1.29 is 4.74 Å². The van der Waals surface area contributed by atoms with Crippen molar-refractivity contribution in [1.82, 2.24) is 14.5 Å². The first kappa shape index (κ1) is 20.7. The number of benzene rings is 1. The van der Waals surface area contributed by atoms with Gasteiger partial charge in [0.25, 0.3) is 0 Å². The van der Waals surface area contributed by atoms with Crippen molar-refractivity contribution >= 4 is 35.0 Å². The topological polar surface area (TPSA) is 50.3 Å². The van der Waals surface area contributed by atoms with Gasteiger partial charge < -0.3 is 14.6 Å². The molecule has 1 aliphatic heterocycles. The van der Waals surface area contributed by atoms with Crippen LogP contribution in [0.5, 0.6) is 0 Å². The van der Waals surface area contributed by atoms with Gasteiger partial charge in [0.05, 0.1) is 17.1 Å². The second kappa shape index (κ2) is 8.56. The first-order valence-corrected chi connectivity index (χ1v) is 10.1. The molecular formula is C20H29Cl2N3O2. The molecule has 1 aromatic heterocycles. The Morgan fingerprint density at radius 3 is 2.37 bits per heavy atom. The first-order chi connectivity index (χ1) is 12.6. The van der Waals surface area contributed by atoms with E-state index < -0.39 is 0 Å². The predicted octanol–water partition coefficient (Wildman–Crippen LogP) is 4.31. The van der Waals surface area contributed by atoms with Crippen LogP contribution in [0.25, 0.3) is 11.0 Å². The van der Waals surface area contributed by atoms with Gasteiger partial charge in [-0.25, -0.2) is 4.79 Å². The predicted molar refractivity (Wildman–Crippen MR) is 112 cm³/mol. The molecule has 2 fully saturated rings. The molecule has 1 saturated heterocycles. The molecule has 27 heavy (non-hydrogen) atoms. The van der Waals surface area contributed by atoms with E-state index in [1.165, 1.54) is 25.7 Å². The molecule has 4 rings (SSSR count). The standard InChI is InChI=1S/C20H28ClN3O2.ClH/c1-13-11-19-18(12-17(13)21)22-20(25)24(19)15-7-9-23(10-8-15)14-3-5-16(26-2)6-4-14;/h11-12,14-16H,3-10H2,1-2H3,(H,22,25);1H/t14-,16-;. The average Bonchev–Trinajstić information content (AvgIpc) is 2.97. The fourth-order valence-corrected chi connectivity index (χ4v) is 4.93. The molecule has 1 aromatic carbocycles. The number of hydrogen-bond donors (Lipinski definition) is 1. The van der Waals surface area contributed by atoms with E-state index in [9.17, 15) is 4.79 Å². The van der Waals surface area contributed by atoms with Crippen LogP contribution in [0.2, 0.25) is 5.02 Å². The Morgan fingerprint density at radius 2 is 1.74 bits per heavy atom. The number of methoxy groups -OCH3 is 1. The maximum Gasteiger partial charge on any atom is 0.326 e. The molecule has 0 radical (unpaired) electrons. The summed E-state index contributed by atoms with van der Waals surface area (Å²) in [4.78, 5) is 18.2. The second-order valence-corrected chi connectivity index (χ2v) is 8.26. The van der Waals surface area contributed by atoms with Crippen LogP contribution in [0, 0.1) is 6.92 Å². The summed E-state index contributed by atoms with van der Waals surface area (Å²) in [7, 11) is 1.82. The smallest absolute Gasteiger partial charge is 0.326 e. The number of aromatic nitrogens is 2. The van der Waals surface area contributed by atoms with Crippen LogP contribution in [-0.2, 0) is 4.74 Å². The molecule has 7 heteroatoms. The molecule has 0 unspecified atom stereocenters. The highest BCUT2D eigenvalue weighted by Gasteiger charge is 2.30. The summed E-state index contributed by atoms with van der Waals surface area (Å²) in [5.41, 5.74) is 2.82. The number of likely N-dealkylation sites (tertiary alicyclic amines) is 1. The quantitative estimate of drug-likeness (QED) is 0.815. The highest BCUT2D eigenvalue weighted by atomic mass is 35.5. The van der Waals surface area contributed by atoms with Gasteiger partial charge >= 0.3 is 5.69 Å². The van der Waals surface area contributed by atoms with Gasteiger partial charge in [0, 0.05) is 37.3 Å². The molecule has 0 spiro atoms. The number of hydrogen-bond acceptors (Lipinski definition) is 3. The molecule has 150 valence electrons. The SMILES string of the molecule is CO[C@H]1CC[C@H](N2CCC(n3c(=O)[nH]c4cc(Cl)c(C)cc43)CC2)CC1.Cl. The van der Waals surface area contributed by atoms with E-state index in [1.54, 1.807) is 0 Å². The van der Waals surface area contributed by atoms with Crippen LogP contribution in [0.1, 0.15) is 50.1 Å². The number of ether oxygens (including phenoxy) is 1. The third-order valence-electron chi connectivity index (χ3n) is 6.35. The van der Waals surface area contributed by atoms with Crippen LogP contribution in [0.3, 0.4) is 0 Å². The maximum atomic E-state index is 12.5. The Kier molecular flexibility index (Phi) is 6.57. The molecule has 1 N–H and O–H groups in total. The first-order valence-electron chi connectivity index (χ1n) is 9.74. The Morgan fingerprint density at radius 1 is 1.07 bits per heavy atom. The second-order valence-electron chi connectivity index (χ2n) is 7.85. The summed E-state index contributed by atoms with van der Waals surface area (Å²) in [6.45, 7) is 4.12. The molecule has 0 bridgehead atoms. The normalized spacial score (nSPS) is 24.9. The van der Waals surface area contributed by atoms with E-state index in [4.69, 9.17) is 16.3 Å². The summed E-state index contributed by atoms with van der Waals surface area (Å²) in [5, 5.41) is 0.701. The average molecular weight is 414 g/mol. The molecule has 2 aromatic rings. The van der Waals surface area contributed by atoms with E-state index >= 15 is 0 Å². The minimum absolute atomic E-state index is 0. The minimum Gasteiger partial charge on any atom is -0.381 e. The van der Waals surface area contributed by atoms with E-state index in [1.807, 2.05) is 30.7 Å². The van der Waals surface area contributed by atoms with Crippen molar-refractivity contribution in [3.05, 3.63) is 33.2 Å². The van der Waals surface area contributed by atoms with E-state index in [0.717, 1.165) is 42.5 Å². The van der Waals surface area contributed by atoms with Crippen LogP contribution >= 0.6 is 24.0 Å². The van der Waals surface area contributed by atoms with Crippen molar-refractivity contribution in [3.63, 3.8) is 0 Å². The largest absolute Gasteiger partial charge is 0.381 e. The molecule has 1 aliphatic carbocycles. The Bertz CT molecular complexity index is 832. The van der Waals surface area contributed by atoms with Crippen LogP contribution in [-0.4, -0.2) is 46.8 Å². The number of imidazole rings is 1. The van der Waals surface area contributed by atoms with Gasteiger partial charge in [0.2, 0.25) is 0 Å². The van der Waals surface area contributed by atoms with Gasteiger partial charge in [0.15, 0.2) is 0 Å². The van der Waals surface area contributed by atoms with Crippen LogP contribution in [0.15, 0.2) is 16.9 Å². The van der Waals surface area contributed by atoms with Crippen molar-refractivity contribution in [3.8, 4) is 0 Å². The highest BCUT2D eigenvalue weighted by molar-refractivity contribution is 6.32. The van der Waals surface area contributed by atoms with Gasteiger partial charge in [-0.1, -0.05) is 11.6 Å². The molecule has 1 saturated carbocycles. The summed E-state index contributed by atoms with van der Waals surface area (Å²) < 4.78 is 7.45. The van der Waals surface area contributed by atoms with Gasteiger partial charge in [-0.15, -0.1) is 12.4 Å². The molecule has 2 heterocycles. The van der Waals surface area contributed by atoms with Crippen LogP contribution < -0.4 is 5.69 Å². The summed E-state index contributed by atoms with van der Waals surface area (Å²) in [5.74, 6) is 0. The Hall–Kier alpha value is -1.01. The maximum absolute atomic E-state index is 12.5. The Balaban J connectivity index is 0.00000210. The fraction of sp³-hybridized carbons (Fsp3) is 0.650. The third-order valence-corrected chi connectivity index (χ3v) is 6.76. The van der Waals surface area contributed by atoms with E-state index in [2.05, 4.69) is 9.88 Å². The third kappa shape index (κ3) is 4.07. The van der Waals surface area contributed by atoms with Crippen molar-refractivity contribution in [2.45, 2.75) is 63.6 Å². The summed E-state index contributed by atoms with van der Waals surface area (Å²) in [6, 6.07) is 4.85. The zero-order valence-corrected chi connectivity index (χ0v) is 17.6. The molecule has 0 atom stereocenters. The van der Waals surface area contributed by atoms with Crippen LogP contribution in [0.4, 0.5) is 0 Å². The number of fused-ring (bicyclic) bond motifs is 1. The minimum atomic E-state index is -0.0132. The van der Waals surface area contributed by atoms with Crippen molar-refractivity contribution in [2.75, 3.05) is 20.2 Å². The molecular weight excluding hydrogens is 385 g/mol. The number of aromatic amines is 1. The number of nitrogens with zero attached hydrogens (tertiary/aromatic N) is 2. The number of rotatable bonds is 3. The molecule has 2 aliphatic rings. The van der Waals surface area contributed by atoms with Gasteiger partial charge in [-0.3, -0.25) is 4.57 Å². The Labute approximate surface area is 171 Å². The monoisotopic (exact) mass is 413 g/mol. The fourth-order valence-electron chi connectivity index (χ4n) is 4.77. The summed E-state index contributed by atoms with van der Waals surface area (Å²) >= 11 is 6.21. The zero-order chi connectivity index (χ0) is 18.3. The summed E-state index contributed by atoms with van der Waals surface area (Å²) in [6.07, 6.45) is 7.30. The van der Waals surface area contributed by atoms with E-state index in [0.29, 0.717) is 17.2 Å². The molecule has 5 nitrogen and oxygen atoms in total. The zero-order valence-electron chi connectivity index (χ0n) is 16.0. The van der Waals surface area contributed by atoms with Crippen molar-refractivity contribution in [1.29, 1.82) is 0 Å². The van der Waals surface area contributed by atoms with Gasteiger partial charge in [-0.2, -0.15) is 0 Å². The lowest BCUT2D eigenvalue weighted by Gasteiger charge is -2.40.